The van der Waals surface area contributed by atoms with E-state index in [0.717, 1.165) is 24.3 Å². The maximum Gasteiger partial charge on any atom is 0.216 e. The fraction of sp³-hybridized carbons (Fsp3) is 0.500. The molecule has 2 N–H and O–H groups in total. The number of hydrogen-bond acceptors (Lipinski definition) is 3. The smallest absolute Gasteiger partial charge is 0.216 e. The van der Waals surface area contributed by atoms with Crippen LogP contribution in [0, 0.1) is 6.92 Å². The summed E-state index contributed by atoms with van der Waals surface area (Å²) in [5, 5.41) is 0. The monoisotopic (exact) mass is 178 g/mol. The minimum absolute atomic E-state index is 0.384. The molecule has 0 spiro atoms. The molecule has 0 aliphatic heterocycles. The molecular formula is C10H14N2O. The zero-order chi connectivity index (χ0) is 9.26. The van der Waals surface area contributed by atoms with E-state index in [1.54, 1.807) is 6.20 Å². The number of nitrogens with two attached hydrogens (primary N) is 1. The molecule has 0 bridgehead atoms. The second-order valence-corrected chi connectivity index (χ2v) is 3.56. The van der Waals surface area contributed by atoms with Gasteiger partial charge in [-0.15, -0.1) is 0 Å². The van der Waals surface area contributed by atoms with E-state index in [0.29, 0.717) is 11.8 Å². The summed E-state index contributed by atoms with van der Waals surface area (Å²) in [5.74, 6) is 0.735. The van der Waals surface area contributed by atoms with Gasteiger partial charge < -0.3 is 10.5 Å². The number of pyridine rings is 1. The molecule has 1 aliphatic carbocycles. The van der Waals surface area contributed by atoms with Gasteiger partial charge in [-0.1, -0.05) is 0 Å². The Morgan fingerprint density at radius 2 is 2.31 bits per heavy atom. The van der Waals surface area contributed by atoms with Crippen LogP contribution in [0.1, 0.15) is 24.8 Å². The van der Waals surface area contributed by atoms with Gasteiger partial charge in [0.15, 0.2) is 0 Å². The van der Waals surface area contributed by atoms with Gasteiger partial charge in [0.2, 0.25) is 5.88 Å². The molecule has 70 valence electrons. The Bertz CT molecular complexity index is 308. The van der Waals surface area contributed by atoms with Crippen LogP contribution < -0.4 is 10.5 Å². The van der Waals surface area contributed by atoms with Gasteiger partial charge >= 0.3 is 0 Å². The van der Waals surface area contributed by atoms with Crippen LogP contribution in [0.25, 0.3) is 0 Å². The highest BCUT2D eigenvalue weighted by atomic mass is 16.5. The Labute approximate surface area is 77.9 Å². The first kappa shape index (κ1) is 8.35. The SMILES string of the molecule is Cc1cc(N)cnc1OC1CCC1. The summed E-state index contributed by atoms with van der Waals surface area (Å²) in [6.07, 6.45) is 5.62. The van der Waals surface area contributed by atoms with Crippen molar-refractivity contribution in [1.82, 2.24) is 4.98 Å². The summed E-state index contributed by atoms with van der Waals surface area (Å²) in [6, 6.07) is 1.89. The number of anilines is 1. The van der Waals surface area contributed by atoms with Crippen LogP contribution in [0.4, 0.5) is 5.69 Å². The predicted octanol–water partition coefficient (Wildman–Crippen LogP) is 1.90. The standard InChI is InChI=1S/C10H14N2O/c1-7-5-8(11)6-12-10(7)13-9-3-2-4-9/h5-6,9H,2-4,11H2,1H3. The van der Waals surface area contributed by atoms with Gasteiger partial charge in [0.1, 0.15) is 6.10 Å². The maximum absolute atomic E-state index is 5.67. The highest BCUT2D eigenvalue weighted by Gasteiger charge is 2.20. The van der Waals surface area contributed by atoms with Crippen LogP contribution in [0.15, 0.2) is 12.3 Å². The summed E-state index contributed by atoms with van der Waals surface area (Å²) in [5.41, 5.74) is 7.30. The van der Waals surface area contributed by atoms with Crippen molar-refractivity contribution in [1.29, 1.82) is 0 Å². The van der Waals surface area contributed by atoms with Gasteiger partial charge in [0, 0.05) is 5.56 Å². The highest BCUT2D eigenvalue weighted by Crippen LogP contribution is 2.26. The lowest BCUT2D eigenvalue weighted by atomic mass is 9.96. The average molecular weight is 178 g/mol. The molecular weight excluding hydrogens is 164 g/mol. The first-order valence-electron chi connectivity index (χ1n) is 4.64. The summed E-state index contributed by atoms with van der Waals surface area (Å²) < 4.78 is 5.67. The van der Waals surface area contributed by atoms with Crippen molar-refractivity contribution < 1.29 is 4.74 Å². The van der Waals surface area contributed by atoms with Crippen molar-refractivity contribution in [3.05, 3.63) is 17.8 Å². The number of hydrogen-bond donors (Lipinski definition) is 1. The quantitative estimate of drug-likeness (QED) is 0.752. The van der Waals surface area contributed by atoms with E-state index in [1.165, 1.54) is 6.42 Å². The number of nitrogen functional groups attached to an aromatic ring is 1. The lowest BCUT2D eigenvalue weighted by Gasteiger charge is -2.26. The number of ether oxygens (including phenoxy) is 1. The first-order valence-corrected chi connectivity index (χ1v) is 4.64. The van der Waals surface area contributed by atoms with Gasteiger partial charge in [-0.05, 0) is 32.3 Å². The van der Waals surface area contributed by atoms with Crippen molar-refractivity contribution in [3.63, 3.8) is 0 Å². The Morgan fingerprint density at radius 1 is 1.54 bits per heavy atom. The van der Waals surface area contributed by atoms with Crippen LogP contribution in [0.2, 0.25) is 0 Å². The second kappa shape index (κ2) is 3.24. The molecule has 1 aromatic heterocycles. The fourth-order valence-corrected chi connectivity index (χ4v) is 1.35. The Kier molecular flexibility index (Phi) is 2.08. The van der Waals surface area contributed by atoms with E-state index in [9.17, 15) is 0 Å². The summed E-state index contributed by atoms with van der Waals surface area (Å²) in [6.45, 7) is 1.97. The van der Waals surface area contributed by atoms with Crippen molar-refractivity contribution in [2.24, 2.45) is 0 Å². The number of aryl methyl sites for hydroxylation is 1. The molecule has 1 aromatic rings. The molecule has 1 saturated carbocycles. The highest BCUT2D eigenvalue weighted by molar-refractivity contribution is 5.41. The van der Waals surface area contributed by atoms with Gasteiger partial charge in [0.05, 0.1) is 11.9 Å². The molecule has 1 fully saturated rings. The second-order valence-electron chi connectivity index (χ2n) is 3.56. The normalized spacial score (nSPS) is 16.7. The van der Waals surface area contributed by atoms with E-state index in [2.05, 4.69) is 4.98 Å². The molecule has 0 unspecified atom stereocenters. The molecule has 0 saturated heterocycles. The largest absolute Gasteiger partial charge is 0.474 e. The van der Waals surface area contributed by atoms with Crippen molar-refractivity contribution in [2.45, 2.75) is 32.3 Å². The molecule has 1 aliphatic rings. The third-order valence-corrected chi connectivity index (χ3v) is 2.38. The van der Waals surface area contributed by atoms with Gasteiger partial charge in [-0.2, -0.15) is 0 Å². The molecule has 3 nitrogen and oxygen atoms in total. The molecule has 1 heterocycles. The van der Waals surface area contributed by atoms with E-state index in [-0.39, 0.29) is 0 Å². The number of nitrogens with zero attached hydrogens (tertiary/aromatic N) is 1. The number of aromatic nitrogens is 1. The van der Waals surface area contributed by atoms with Crippen LogP contribution >= 0.6 is 0 Å². The minimum atomic E-state index is 0.384. The van der Waals surface area contributed by atoms with Crippen molar-refractivity contribution in [3.8, 4) is 5.88 Å². The average Bonchev–Trinajstić information content (AvgIpc) is 1.99. The Morgan fingerprint density at radius 3 is 2.85 bits per heavy atom. The molecule has 0 amide bonds. The third kappa shape index (κ3) is 1.74. The van der Waals surface area contributed by atoms with Crippen LogP contribution in [0.5, 0.6) is 5.88 Å². The van der Waals surface area contributed by atoms with Crippen LogP contribution in [-0.2, 0) is 0 Å². The first-order chi connectivity index (χ1) is 6.25. The van der Waals surface area contributed by atoms with E-state index < -0.39 is 0 Å². The molecule has 0 aromatic carbocycles. The van der Waals surface area contributed by atoms with E-state index >= 15 is 0 Å². The number of rotatable bonds is 2. The molecule has 3 heteroatoms. The van der Waals surface area contributed by atoms with E-state index in [1.807, 2.05) is 13.0 Å². The summed E-state index contributed by atoms with van der Waals surface area (Å²) >= 11 is 0. The fourth-order valence-electron chi connectivity index (χ4n) is 1.35. The Balaban J connectivity index is 2.10. The predicted molar refractivity (Wildman–Crippen MR) is 51.7 cm³/mol. The molecule has 0 radical (unpaired) electrons. The molecule has 13 heavy (non-hydrogen) atoms. The van der Waals surface area contributed by atoms with Crippen molar-refractivity contribution >= 4 is 5.69 Å². The summed E-state index contributed by atoms with van der Waals surface area (Å²) in [7, 11) is 0. The van der Waals surface area contributed by atoms with Crippen LogP contribution in [-0.4, -0.2) is 11.1 Å². The third-order valence-electron chi connectivity index (χ3n) is 2.38. The molecule has 2 rings (SSSR count). The van der Waals surface area contributed by atoms with Crippen molar-refractivity contribution in [2.75, 3.05) is 5.73 Å². The summed E-state index contributed by atoms with van der Waals surface area (Å²) in [4.78, 5) is 4.15. The zero-order valence-electron chi connectivity index (χ0n) is 7.79. The van der Waals surface area contributed by atoms with E-state index in [4.69, 9.17) is 10.5 Å². The lowest BCUT2D eigenvalue weighted by Crippen LogP contribution is -2.25. The van der Waals surface area contributed by atoms with Gasteiger partial charge in [0.25, 0.3) is 0 Å². The van der Waals surface area contributed by atoms with Crippen LogP contribution in [0.3, 0.4) is 0 Å². The lowest BCUT2D eigenvalue weighted by molar-refractivity contribution is 0.114. The minimum Gasteiger partial charge on any atom is -0.474 e. The Hall–Kier alpha value is -1.25. The topological polar surface area (TPSA) is 48.1 Å². The molecule has 0 atom stereocenters. The van der Waals surface area contributed by atoms with Gasteiger partial charge in [-0.25, -0.2) is 4.98 Å². The maximum atomic E-state index is 5.67. The van der Waals surface area contributed by atoms with Gasteiger partial charge in [-0.3, -0.25) is 0 Å². The zero-order valence-corrected chi connectivity index (χ0v) is 7.79.